The van der Waals surface area contributed by atoms with Crippen LogP contribution in [0.3, 0.4) is 0 Å². The molecule has 0 unspecified atom stereocenters. The molecule has 76 valence electrons. The Hall–Kier alpha value is -0.550. The topological polar surface area (TPSA) is 50.2 Å². The van der Waals surface area contributed by atoms with E-state index < -0.39 is 5.97 Å². The number of carboxylic acids is 1. The Morgan fingerprint density at radius 1 is 1.57 bits per heavy atom. The number of hydrogen-bond acceptors (Lipinski definition) is 3. The summed E-state index contributed by atoms with van der Waals surface area (Å²) in [7, 11) is 0. The van der Waals surface area contributed by atoms with Crippen LogP contribution in [0.5, 0.6) is 0 Å². The fraction of sp³-hybridized carbons (Fsp3) is 0.333. The molecule has 0 aliphatic heterocycles. The first-order valence-corrected chi connectivity index (χ1v) is 6.03. The van der Waals surface area contributed by atoms with Crippen LogP contribution in [0.15, 0.2) is 22.8 Å². The first-order chi connectivity index (χ1) is 6.68. The zero-order valence-corrected chi connectivity index (χ0v) is 9.84. The quantitative estimate of drug-likeness (QED) is 0.840. The van der Waals surface area contributed by atoms with Crippen molar-refractivity contribution in [3.8, 4) is 0 Å². The molecule has 0 radical (unpaired) electrons. The Labute approximate surface area is 95.1 Å². The summed E-state index contributed by atoms with van der Waals surface area (Å²) in [5.74, 6) is 0.648. The normalized spacial score (nSPS) is 10.1. The highest BCUT2D eigenvalue weighted by Gasteiger charge is 1.98. The maximum absolute atomic E-state index is 10.2. The maximum Gasteiger partial charge on any atom is 0.304 e. The van der Waals surface area contributed by atoms with Crippen molar-refractivity contribution in [3.63, 3.8) is 0 Å². The van der Waals surface area contributed by atoms with Crippen LogP contribution in [0.4, 0.5) is 0 Å². The second-order valence-electron chi connectivity index (χ2n) is 2.66. The Kier molecular flexibility index (Phi) is 4.97. The van der Waals surface area contributed by atoms with Gasteiger partial charge in [-0.2, -0.15) is 11.8 Å². The van der Waals surface area contributed by atoms with E-state index in [9.17, 15) is 4.79 Å². The second kappa shape index (κ2) is 6.03. The van der Waals surface area contributed by atoms with Crippen LogP contribution in [0.2, 0.25) is 0 Å². The molecule has 0 aliphatic rings. The van der Waals surface area contributed by atoms with Crippen LogP contribution in [-0.2, 0) is 10.5 Å². The van der Waals surface area contributed by atoms with Gasteiger partial charge in [-0.1, -0.05) is 0 Å². The maximum atomic E-state index is 10.2. The number of carboxylic acid groups (broad SMARTS) is 1. The molecule has 1 rings (SSSR count). The van der Waals surface area contributed by atoms with Crippen LogP contribution in [0.1, 0.15) is 12.1 Å². The molecule has 14 heavy (non-hydrogen) atoms. The third-order valence-corrected chi connectivity index (χ3v) is 2.96. The molecule has 0 saturated carbocycles. The SMILES string of the molecule is O=C(O)CCSCc1ccc(Br)cn1. The molecule has 0 aromatic carbocycles. The minimum absolute atomic E-state index is 0.210. The van der Waals surface area contributed by atoms with Crippen molar-refractivity contribution in [2.75, 3.05) is 5.75 Å². The first-order valence-electron chi connectivity index (χ1n) is 4.08. The molecule has 5 heteroatoms. The van der Waals surface area contributed by atoms with Crippen molar-refractivity contribution in [1.82, 2.24) is 4.98 Å². The monoisotopic (exact) mass is 275 g/mol. The third kappa shape index (κ3) is 4.62. The molecule has 1 aromatic heterocycles. The van der Waals surface area contributed by atoms with E-state index >= 15 is 0 Å². The van der Waals surface area contributed by atoms with Crippen LogP contribution in [0, 0.1) is 0 Å². The highest BCUT2D eigenvalue weighted by Crippen LogP contribution is 2.13. The van der Waals surface area contributed by atoms with Crippen LogP contribution >= 0.6 is 27.7 Å². The van der Waals surface area contributed by atoms with Gasteiger partial charge in [-0.15, -0.1) is 0 Å². The van der Waals surface area contributed by atoms with E-state index in [0.717, 1.165) is 15.9 Å². The number of carbonyl (C=O) groups is 1. The summed E-state index contributed by atoms with van der Waals surface area (Å²) < 4.78 is 0.955. The standard InChI is InChI=1S/C9H10BrNO2S/c10-7-1-2-8(11-5-7)6-14-4-3-9(12)13/h1-2,5H,3-4,6H2,(H,12,13). The van der Waals surface area contributed by atoms with Gasteiger partial charge in [0, 0.05) is 22.2 Å². The fourth-order valence-corrected chi connectivity index (χ4v) is 1.91. The van der Waals surface area contributed by atoms with Gasteiger partial charge < -0.3 is 5.11 Å². The predicted octanol–water partition coefficient (Wildman–Crippen LogP) is 2.55. The second-order valence-corrected chi connectivity index (χ2v) is 4.68. The number of pyridine rings is 1. The van der Waals surface area contributed by atoms with Crippen molar-refractivity contribution in [1.29, 1.82) is 0 Å². The smallest absolute Gasteiger partial charge is 0.304 e. The van der Waals surface area contributed by atoms with Crippen LogP contribution in [0.25, 0.3) is 0 Å². The van der Waals surface area contributed by atoms with E-state index in [2.05, 4.69) is 20.9 Å². The van der Waals surface area contributed by atoms with E-state index in [0.29, 0.717) is 5.75 Å². The number of rotatable bonds is 5. The van der Waals surface area contributed by atoms with Gasteiger partial charge in [0.2, 0.25) is 0 Å². The molecular formula is C9H10BrNO2S. The van der Waals surface area contributed by atoms with Gasteiger partial charge in [-0.3, -0.25) is 9.78 Å². The van der Waals surface area contributed by atoms with Crippen molar-refractivity contribution >= 4 is 33.7 Å². The largest absolute Gasteiger partial charge is 0.481 e. The predicted molar refractivity (Wildman–Crippen MR) is 60.4 cm³/mol. The minimum atomic E-state index is -0.749. The lowest BCUT2D eigenvalue weighted by atomic mass is 10.4. The number of halogens is 1. The van der Waals surface area contributed by atoms with E-state index in [1.165, 1.54) is 0 Å². The number of nitrogens with zero attached hydrogens (tertiary/aromatic N) is 1. The Morgan fingerprint density at radius 2 is 2.36 bits per heavy atom. The average molecular weight is 276 g/mol. The van der Waals surface area contributed by atoms with E-state index in [-0.39, 0.29) is 6.42 Å². The molecule has 3 nitrogen and oxygen atoms in total. The summed E-state index contributed by atoms with van der Waals surface area (Å²) in [5.41, 5.74) is 0.976. The minimum Gasteiger partial charge on any atom is -0.481 e. The highest BCUT2D eigenvalue weighted by atomic mass is 79.9. The molecule has 0 aliphatic carbocycles. The summed E-state index contributed by atoms with van der Waals surface area (Å²) in [4.78, 5) is 14.4. The van der Waals surface area contributed by atoms with Gasteiger partial charge in [0.1, 0.15) is 0 Å². The van der Waals surface area contributed by atoms with Gasteiger partial charge in [-0.05, 0) is 28.1 Å². The van der Waals surface area contributed by atoms with Crippen molar-refractivity contribution in [2.24, 2.45) is 0 Å². The molecule has 1 heterocycles. The molecule has 0 saturated heterocycles. The molecule has 1 aromatic rings. The van der Waals surface area contributed by atoms with Gasteiger partial charge in [0.25, 0.3) is 0 Å². The lowest BCUT2D eigenvalue weighted by Gasteiger charge is -1.99. The first kappa shape index (κ1) is 11.5. The Morgan fingerprint density at radius 3 is 2.93 bits per heavy atom. The summed E-state index contributed by atoms with van der Waals surface area (Å²) in [5, 5.41) is 8.41. The third-order valence-electron chi connectivity index (χ3n) is 1.50. The number of thioether (sulfide) groups is 1. The number of aromatic nitrogens is 1. The van der Waals surface area contributed by atoms with Crippen LogP contribution < -0.4 is 0 Å². The van der Waals surface area contributed by atoms with E-state index in [1.807, 2.05) is 12.1 Å². The Bertz CT molecular complexity index is 302. The highest BCUT2D eigenvalue weighted by molar-refractivity contribution is 9.10. The van der Waals surface area contributed by atoms with Gasteiger partial charge in [-0.25, -0.2) is 0 Å². The van der Waals surface area contributed by atoms with Crippen LogP contribution in [-0.4, -0.2) is 21.8 Å². The zero-order chi connectivity index (χ0) is 10.4. The summed E-state index contributed by atoms with van der Waals surface area (Å²) in [6.07, 6.45) is 1.95. The van der Waals surface area contributed by atoms with E-state index in [4.69, 9.17) is 5.11 Å². The summed E-state index contributed by atoms with van der Waals surface area (Å²) in [6, 6.07) is 3.86. The van der Waals surface area contributed by atoms with Gasteiger partial charge >= 0.3 is 5.97 Å². The molecule has 0 spiro atoms. The summed E-state index contributed by atoms with van der Waals surface area (Å²) in [6.45, 7) is 0. The van der Waals surface area contributed by atoms with Crippen molar-refractivity contribution < 1.29 is 9.90 Å². The molecule has 0 atom stereocenters. The van der Waals surface area contributed by atoms with Crippen molar-refractivity contribution in [3.05, 3.63) is 28.5 Å². The fourth-order valence-electron chi connectivity index (χ4n) is 0.828. The molecular weight excluding hydrogens is 266 g/mol. The molecule has 0 fully saturated rings. The number of aliphatic carboxylic acids is 1. The van der Waals surface area contributed by atoms with Crippen molar-refractivity contribution in [2.45, 2.75) is 12.2 Å². The van der Waals surface area contributed by atoms with Gasteiger partial charge in [0.15, 0.2) is 0 Å². The zero-order valence-electron chi connectivity index (χ0n) is 7.44. The summed E-state index contributed by atoms with van der Waals surface area (Å²) >= 11 is 4.88. The molecule has 0 bridgehead atoms. The lowest BCUT2D eigenvalue weighted by molar-refractivity contribution is -0.136. The Balaban J connectivity index is 2.25. The van der Waals surface area contributed by atoms with E-state index in [1.54, 1.807) is 18.0 Å². The average Bonchev–Trinajstić information content (AvgIpc) is 2.15. The molecule has 0 amide bonds. The number of hydrogen-bond donors (Lipinski definition) is 1. The molecule has 1 N–H and O–H groups in total. The van der Waals surface area contributed by atoms with Gasteiger partial charge in [0.05, 0.1) is 12.1 Å². The lowest BCUT2D eigenvalue weighted by Crippen LogP contribution is -1.96.